The number of carbonyl (C=O) groups excluding carboxylic acids is 1. The minimum absolute atomic E-state index is 0.176. The molecule has 5 rings (SSSR count). The number of amides is 1. The number of carboxylic acids is 1. The lowest BCUT2D eigenvalue weighted by atomic mass is 9.67. The largest absolute Gasteiger partial charge is 0.481 e. The van der Waals surface area contributed by atoms with E-state index < -0.39 is 21.4 Å². The normalized spacial score (nSPS) is 26.8. The Labute approximate surface area is 258 Å². The van der Waals surface area contributed by atoms with Gasteiger partial charge in [0.2, 0.25) is 15.9 Å². The minimum atomic E-state index is -3.23. The molecule has 8 nitrogen and oxygen atoms in total. The first kappa shape index (κ1) is 31.3. The van der Waals surface area contributed by atoms with Crippen molar-refractivity contribution >= 4 is 45.1 Å². The van der Waals surface area contributed by atoms with E-state index in [1.807, 2.05) is 60.4 Å². The van der Waals surface area contributed by atoms with E-state index in [1.54, 1.807) is 11.2 Å². The predicted octanol–water partition coefficient (Wildman–Crippen LogP) is 5.42. The number of carboxylic acid groups (broad SMARTS) is 1. The molecule has 0 bridgehead atoms. The van der Waals surface area contributed by atoms with Crippen LogP contribution in [0.5, 0.6) is 0 Å². The van der Waals surface area contributed by atoms with Crippen LogP contribution in [0.4, 0.5) is 0 Å². The number of aliphatic carboxylic acids is 1. The van der Waals surface area contributed by atoms with E-state index in [9.17, 15) is 23.1 Å². The molecular formula is C31H39Cl2N3O5S. The Balaban J connectivity index is 1.50. The third kappa shape index (κ3) is 6.50. The topological polar surface area (TPSA) is 98.2 Å². The molecule has 4 atom stereocenters. The fourth-order valence-corrected chi connectivity index (χ4v) is 8.89. The summed E-state index contributed by atoms with van der Waals surface area (Å²) in [6.45, 7) is 6.41. The molecule has 2 aromatic carbocycles. The number of carbonyl (C=O) groups is 2. The number of nitrogens with zero attached hydrogens (tertiary/aromatic N) is 3. The first-order valence-corrected chi connectivity index (χ1v) is 17.0. The predicted molar refractivity (Wildman–Crippen MR) is 164 cm³/mol. The van der Waals surface area contributed by atoms with Crippen molar-refractivity contribution in [3.05, 3.63) is 69.7 Å². The monoisotopic (exact) mass is 635 g/mol. The average Bonchev–Trinajstić information content (AvgIpc) is 3.80. The van der Waals surface area contributed by atoms with Gasteiger partial charge in [-0.05, 0) is 61.1 Å². The molecular weight excluding hydrogens is 597 g/mol. The van der Waals surface area contributed by atoms with Gasteiger partial charge in [0.25, 0.3) is 0 Å². The van der Waals surface area contributed by atoms with Gasteiger partial charge in [0, 0.05) is 54.7 Å². The van der Waals surface area contributed by atoms with Gasteiger partial charge in [-0.1, -0.05) is 61.3 Å². The quantitative estimate of drug-likeness (QED) is 0.374. The maximum Gasteiger partial charge on any atom is 0.304 e. The summed E-state index contributed by atoms with van der Waals surface area (Å²) in [5.41, 5.74) is 0.755. The average molecular weight is 637 g/mol. The van der Waals surface area contributed by atoms with Crippen molar-refractivity contribution in [2.45, 2.75) is 69.2 Å². The highest BCUT2D eigenvalue weighted by atomic mass is 35.5. The van der Waals surface area contributed by atoms with Crippen molar-refractivity contribution in [3.8, 4) is 0 Å². The molecule has 2 saturated heterocycles. The van der Waals surface area contributed by atoms with E-state index in [0.717, 1.165) is 24.0 Å². The maximum atomic E-state index is 14.5. The molecule has 2 unspecified atom stereocenters. The van der Waals surface area contributed by atoms with E-state index in [4.69, 9.17) is 23.2 Å². The summed E-state index contributed by atoms with van der Waals surface area (Å²) in [6.07, 6.45) is 2.22. The highest BCUT2D eigenvalue weighted by Gasteiger charge is 2.52. The van der Waals surface area contributed by atoms with Crippen LogP contribution in [0.1, 0.15) is 69.0 Å². The van der Waals surface area contributed by atoms with Crippen molar-refractivity contribution in [2.24, 2.45) is 5.41 Å². The lowest BCUT2D eigenvalue weighted by Crippen LogP contribution is -2.59. The fourth-order valence-electron chi connectivity index (χ4n) is 6.74. The zero-order valence-corrected chi connectivity index (χ0v) is 26.4. The van der Waals surface area contributed by atoms with Gasteiger partial charge >= 0.3 is 5.97 Å². The molecule has 42 heavy (non-hydrogen) atoms. The number of likely N-dealkylation sites (tertiary alicyclic amines) is 1. The second kappa shape index (κ2) is 12.4. The second-order valence-corrected chi connectivity index (χ2v) is 15.3. The molecule has 2 aromatic rings. The molecule has 1 aliphatic carbocycles. The van der Waals surface area contributed by atoms with Crippen LogP contribution in [0.25, 0.3) is 0 Å². The summed E-state index contributed by atoms with van der Waals surface area (Å²) in [5.74, 6) is -1.40. The Kier molecular flexibility index (Phi) is 9.26. The molecule has 228 valence electrons. The molecule has 3 fully saturated rings. The third-order valence-electron chi connectivity index (χ3n) is 9.10. The van der Waals surface area contributed by atoms with Crippen LogP contribution in [0, 0.1) is 5.41 Å². The number of hydrogen-bond donors (Lipinski definition) is 1. The molecule has 2 heterocycles. The number of hydrogen-bond acceptors (Lipinski definition) is 5. The van der Waals surface area contributed by atoms with Gasteiger partial charge in [-0.2, -0.15) is 4.31 Å². The molecule has 3 aliphatic rings. The highest BCUT2D eigenvalue weighted by Crippen LogP contribution is 2.52. The van der Waals surface area contributed by atoms with E-state index >= 15 is 0 Å². The zero-order chi connectivity index (χ0) is 30.2. The number of benzene rings is 2. The van der Waals surface area contributed by atoms with Gasteiger partial charge in [-0.25, -0.2) is 8.42 Å². The summed E-state index contributed by atoms with van der Waals surface area (Å²) in [7, 11) is -3.23. The van der Waals surface area contributed by atoms with Crippen LogP contribution in [0.3, 0.4) is 0 Å². The van der Waals surface area contributed by atoms with Crippen molar-refractivity contribution in [2.75, 3.05) is 32.7 Å². The number of rotatable bonds is 10. The van der Waals surface area contributed by atoms with Crippen LogP contribution in [0.2, 0.25) is 10.0 Å². The summed E-state index contributed by atoms with van der Waals surface area (Å²) in [4.78, 5) is 30.7. The lowest BCUT2D eigenvalue weighted by Gasteiger charge is -2.52. The second-order valence-electron chi connectivity index (χ2n) is 12.2. The van der Waals surface area contributed by atoms with Crippen molar-refractivity contribution < 1.29 is 23.1 Å². The van der Waals surface area contributed by atoms with Crippen molar-refractivity contribution in [1.82, 2.24) is 14.1 Å². The van der Waals surface area contributed by atoms with Gasteiger partial charge in [0.05, 0.1) is 23.1 Å². The van der Waals surface area contributed by atoms with Gasteiger partial charge in [0.15, 0.2) is 0 Å². The number of piperidine rings is 1. The van der Waals surface area contributed by atoms with Crippen LogP contribution >= 0.6 is 23.2 Å². The SMILES string of the molecule is CCC(CN1CCN(S(=O)(=O)C2CC2)CC1)N1C(=O)[C@@](C)(CC(=O)O)CC(c2cccc(Cl)c2)[C@H]1c1ccc(Cl)cc1. The summed E-state index contributed by atoms with van der Waals surface area (Å²) in [5, 5.41) is 10.8. The molecule has 1 N–H and O–H groups in total. The van der Waals surface area contributed by atoms with Crippen LogP contribution in [-0.2, 0) is 19.6 Å². The summed E-state index contributed by atoms with van der Waals surface area (Å²) >= 11 is 12.7. The first-order valence-electron chi connectivity index (χ1n) is 14.7. The molecule has 1 amide bonds. The number of sulfonamides is 1. The van der Waals surface area contributed by atoms with Crippen LogP contribution < -0.4 is 0 Å². The van der Waals surface area contributed by atoms with Crippen LogP contribution in [0.15, 0.2) is 48.5 Å². The third-order valence-corrected chi connectivity index (χ3v) is 12.0. The smallest absolute Gasteiger partial charge is 0.304 e. The van der Waals surface area contributed by atoms with Crippen molar-refractivity contribution in [3.63, 3.8) is 0 Å². The Morgan fingerprint density at radius 2 is 1.69 bits per heavy atom. The molecule has 0 radical (unpaired) electrons. The molecule has 2 aliphatic heterocycles. The molecule has 0 aromatic heterocycles. The van der Waals surface area contributed by atoms with Gasteiger partial charge in [0.1, 0.15) is 0 Å². The Morgan fingerprint density at radius 1 is 1.02 bits per heavy atom. The van der Waals surface area contributed by atoms with Gasteiger partial charge in [-0.3, -0.25) is 14.5 Å². The first-order chi connectivity index (χ1) is 19.9. The molecule has 1 saturated carbocycles. The van der Waals surface area contributed by atoms with E-state index in [1.165, 1.54) is 0 Å². The van der Waals surface area contributed by atoms with Gasteiger partial charge < -0.3 is 10.0 Å². The lowest BCUT2D eigenvalue weighted by molar-refractivity contribution is -0.161. The Hall–Kier alpha value is -2.17. The molecule has 11 heteroatoms. The van der Waals surface area contributed by atoms with E-state index in [2.05, 4.69) is 4.90 Å². The summed E-state index contributed by atoms with van der Waals surface area (Å²) < 4.78 is 27.2. The fraction of sp³-hybridized carbons (Fsp3) is 0.548. The highest BCUT2D eigenvalue weighted by molar-refractivity contribution is 7.90. The van der Waals surface area contributed by atoms with E-state index in [0.29, 0.717) is 55.6 Å². The van der Waals surface area contributed by atoms with Crippen molar-refractivity contribution in [1.29, 1.82) is 0 Å². The molecule has 0 spiro atoms. The minimum Gasteiger partial charge on any atom is -0.481 e. The Morgan fingerprint density at radius 3 is 2.26 bits per heavy atom. The zero-order valence-electron chi connectivity index (χ0n) is 24.1. The maximum absolute atomic E-state index is 14.5. The number of piperazine rings is 1. The van der Waals surface area contributed by atoms with Gasteiger partial charge in [-0.15, -0.1) is 0 Å². The number of halogens is 2. The summed E-state index contributed by atoms with van der Waals surface area (Å²) in [6, 6.07) is 14.5. The van der Waals surface area contributed by atoms with E-state index in [-0.39, 0.29) is 35.6 Å². The van der Waals surface area contributed by atoms with Crippen LogP contribution in [-0.4, -0.2) is 83.5 Å². The Bertz CT molecular complexity index is 1410. The standard InChI is InChI=1S/C31H39Cl2N3O5S/c1-3-25(20-34-13-15-35(16-14-34)42(40,41)26-11-12-26)36-29(21-7-9-23(32)10-8-21)27(22-5-4-6-24(33)17-22)18-31(2,30(36)39)19-28(37)38/h4-10,17,25-27,29H,3,11-16,18-20H2,1-2H3,(H,37,38)/t25?,27?,29-,31-/m1/s1.